The summed E-state index contributed by atoms with van der Waals surface area (Å²) < 4.78 is 38.0. The molecule has 0 saturated heterocycles. The smallest absolute Gasteiger partial charge is 0.368 e. The highest BCUT2D eigenvalue weighted by Gasteiger charge is 2.34. The summed E-state index contributed by atoms with van der Waals surface area (Å²) in [7, 11) is 0. The second-order valence-corrected chi connectivity index (χ2v) is 4.46. The van der Waals surface area contributed by atoms with E-state index in [0.29, 0.717) is 0 Å². The molecule has 0 aromatic carbocycles. The second-order valence-electron chi connectivity index (χ2n) is 4.46. The molecule has 0 aliphatic carbocycles. The number of nitrogens with one attached hydrogen (secondary N) is 1. The van der Waals surface area contributed by atoms with Crippen LogP contribution in [0.1, 0.15) is 45.7 Å². The maximum absolute atomic E-state index is 12.7. The number of alkyl halides is 3. The van der Waals surface area contributed by atoms with Crippen LogP contribution in [0.4, 0.5) is 24.9 Å². The van der Waals surface area contributed by atoms with E-state index >= 15 is 0 Å². The van der Waals surface area contributed by atoms with Crippen molar-refractivity contribution >= 4 is 11.8 Å². The molecule has 1 aromatic heterocycles. The van der Waals surface area contributed by atoms with Crippen LogP contribution in [0.3, 0.4) is 0 Å². The van der Waals surface area contributed by atoms with Gasteiger partial charge in [-0.2, -0.15) is 18.2 Å². The molecule has 19 heavy (non-hydrogen) atoms. The molecule has 0 radical (unpaired) electrons. The second kappa shape index (κ2) is 5.63. The molecule has 1 aromatic rings. The van der Waals surface area contributed by atoms with Gasteiger partial charge in [0, 0.05) is 11.6 Å². The van der Waals surface area contributed by atoms with Gasteiger partial charge < -0.3 is 11.1 Å². The van der Waals surface area contributed by atoms with Crippen LogP contribution in [0.25, 0.3) is 0 Å². The number of anilines is 2. The van der Waals surface area contributed by atoms with Crippen molar-refractivity contribution in [3.63, 3.8) is 0 Å². The molecule has 0 atom stereocenters. The van der Waals surface area contributed by atoms with Crippen LogP contribution in [0, 0.1) is 0 Å². The molecule has 0 bridgehead atoms. The molecule has 0 aliphatic rings. The Bertz CT molecular complexity index is 419. The summed E-state index contributed by atoms with van der Waals surface area (Å²) in [5.41, 5.74) is 4.03. The van der Waals surface area contributed by atoms with E-state index in [-0.39, 0.29) is 17.3 Å². The highest BCUT2D eigenvalue weighted by Crippen LogP contribution is 2.31. The molecular formula is C12H19F3N4. The lowest BCUT2D eigenvalue weighted by atomic mass is 9.90. The molecule has 0 spiro atoms. The van der Waals surface area contributed by atoms with Gasteiger partial charge in [-0.05, 0) is 19.3 Å². The molecule has 7 heteroatoms. The number of halogens is 3. The minimum atomic E-state index is -4.53. The molecule has 0 amide bonds. The van der Waals surface area contributed by atoms with Gasteiger partial charge in [0.25, 0.3) is 0 Å². The Balaban J connectivity index is 3.11. The predicted molar refractivity (Wildman–Crippen MR) is 68.7 cm³/mol. The van der Waals surface area contributed by atoms with Crippen molar-refractivity contribution in [2.45, 2.75) is 51.7 Å². The molecule has 0 saturated carbocycles. The van der Waals surface area contributed by atoms with Crippen molar-refractivity contribution in [3.8, 4) is 0 Å². The molecule has 0 fully saturated rings. The van der Waals surface area contributed by atoms with E-state index in [1.165, 1.54) is 0 Å². The predicted octanol–water partition coefficient (Wildman–Crippen LogP) is 3.46. The Labute approximate surface area is 110 Å². The van der Waals surface area contributed by atoms with E-state index in [0.717, 1.165) is 25.3 Å². The van der Waals surface area contributed by atoms with Gasteiger partial charge >= 0.3 is 6.18 Å². The molecule has 0 unspecified atom stereocenters. The Kier molecular flexibility index (Phi) is 4.60. The molecule has 1 rings (SSSR count). The number of hydrogen-bond acceptors (Lipinski definition) is 4. The standard InChI is InChI=1S/C12H19F3N4/c1-4-11(5-2,6-3)19-9-7-8(12(13,14)15)17-10(16)18-9/h7H,4-6H2,1-3H3,(H3,16,17,18,19). The van der Waals surface area contributed by atoms with Gasteiger partial charge in [0.2, 0.25) is 5.95 Å². The van der Waals surface area contributed by atoms with Gasteiger partial charge in [-0.15, -0.1) is 0 Å². The molecule has 4 nitrogen and oxygen atoms in total. The Morgan fingerprint density at radius 1 is 1.11 bits per heavy atom. The van der Waals surface area contributed by atoms with Crippen molar-refractivity contribution in [3.05, 3.63) is 11.8 Å². The lowest BCUT2D eigenvalue weighted by molar-refractivity contribution is -0.141. The van der Waals surface area contributed by atoms with E-state index in [9.17, 15) is 13.2 Å². The summed E-state index contributed by atoms with van der Waals surface area (Å²) in [5.74, 6) is -0.264. The Morgan fingerprint density at radius 2 is 1.63 bits per heavy atom. The first-order valence-electron chi connectivity index (χ1n) is 6.26. The lowest BCUT2D eigenvalue weighted by Gasteiger charge is -2.32. The lowest BCUT2D eigenvalue weighted by Crippen LogP contribution is -2.36. The number of aromatic nitrogens is 2. The third-order valence-electron chi connectivity index (χ3n) is 3.46. The number of rotatable bonds is 5. The third kappa shape index (κ3) is 3.71. The molecule has 1 heterocycles. The average molecular weight is 276 g/mol. The fraction of sp³-hybridized carbons (Fsp3) is 0.667. The minimum Gasteiger partial charge on any atom is -0.368 e. The minimum absolute atomic E-state index is 0.116. The quantitative estimate of drug-likeness (QED) is 0.864. The fourth-order valence-electron chi connectivity index (χ4n) is 1.96. The van der Waals surface area contributed by atoms with Crippen LogP contribution in [0.15, 0.2) is 6.07 Å². The van der Waals surface area contributed by atoms with Gasteiger partial charge in [-0.3, -0.25) is 0 Å². The van der Waals surface area contributed by atoms with Crippen LogP contribution < -0.4 is 11.1 Å². The molecular weight excluding hydrogens is 257 g/mol. The van der Waals surface area contributed by atoms with Gasteiger partial charge in [0.15, 0.2) is 5.69 Å². The average Bonchev–Trinajstić information content (AvgIpc) is 2.34. The van der Waals surface area contributed by atoms with Crippen molar-refractivity contribution in [2.24, 2.45) is 0 Å². The highest BCUT2D eigenvalue weighted by molar-refractivity contribution is 5.43. The maximum atomic E-state index is 12.7. The van der Waals surface area contributed by atoms with E-state index < -0.39 is 11.9 Å². The highest BCUT2D eigenvalue weighted by atomic mass is 19.4. The summed E-state index contributed by atoms with van der Waals surface area (Å²) >= 11 is 0. The first-order chi connectivity index (χ1) is 8.76. The fourth-order valence-corrected chi connectivity index (χ4v) is 1.96. The van der Waals surface area contributed by atoms with Crippen LogP contribution in [0.5, 0.6) is 0 Å². The summed E-state index contributed by atoms with van der Waals surface area (Å²) in [6, 6.07) is 0.895. The van der Waals surface area contributed by atoms with Gasteiger partial charge in [-0.1, -0.05) is 20.8 Å². The zero-order valence-corrected chi connectivity index (χ0v) is 11.3. The van der Waals surface area contributed by atoms with E-state index in [4.69, 9.17) is 5.73 Å². The molecule has 3 N–H and O–H groups in total. The summed E-state index contributed by atoms with van der Waals surface area (Å²) in [4.78, 5) is 7.05. The topological polar surface area (TPSA) is 63.8 Å². The monoisotopic (exact) mass is 276 g/mol. The SMILES string of the molecule is CCC(CC)(CC)Nc1cc(C(F)(F)F)nc(N)n1. The van der Waals surface area contributed by atoms with E-state index in [2.05, 4.69) is 15.3 Å². The molecule has 0 aliphatic heterocycles. The first-order valence-corrected chi connectivity index (χ1v) is 6.26. The van der Waals surface area contributed by atoms with Gasteiger partial charge in [-0.25, -0.2) is 4.98 Å². The van der Waals surface area contributed by atoms with E-state index in [1.54, 1.807) is 0 Å². The summed E-state index contributed by atoms with van der Waals surface area (Å²) in [6.07, 6.45) is -2.18. The zero-order chi connectivity index (χ0) is 14.7. The van der Waals surface area contributed by atoms with Crippen LogP contribution >= 0.6 is 0 Å². The number of nitrogens with zero attached hydrogens (tertiary/aromatic N) is 2. The van der Waals surface area contributed by atoms with Crippen molar-refractivity contribution in [2.75, 3.05) is 11.1 Å². The van der Waals surface area contributed by atoms with Gasteiger partial charge in [0.05, 0.1) is 0 Å². The Morgan fingerprint density at radius 3 is 2.05 bits per heavy atom. The normalized spacial score (nSPS) is 12.5. The number of hydrogen-bond donors (Lipinski definition) is 2. The summed E-state index contributed by atoms with van der Waals surface area (Å²) in [5, 5.41) is 3.06. The third-order valence-corrected chi connectivity index (χ3v) is 3.46. The number of nitrogens with two attached hydrogens (primary N) is 1. The van der Waals surface area contributed by atoms with Crippen LogP contribution in [-0.4, -0.2) is 15.5 Å². The maximum Gasteiger partial charge on any atom is 0.433 e. The first kappa shape index (κ1) is 15.5. The number of nitrogen functional groups attached to an aromatic ring is 1. The van der Waals surface area contributed by atoms with Crippen LogP contribution in [0.2, 0.25) is 0 Å². The zero-order valence-electron chi connectivity index (χ0n) is 11.3. The van der Waals surface area contributed by atoms with E-state index in [1.807, 2.05) is 20.8 Å². The van der Waals surface area contributed by atoms with Crippen molar-refractivity contribution in [1.82, 2.24) is 9.97 Å². The van der Waals surface area contributed by atoms with Gasteiger partial charge in [0.1, 0.15) is 5.82 Å². The van der Waals surface area contributed by atoms with Crippen molar-refractivity contribution < 1.29 is 13.2 Å². The Hall–Kier alpha value is -1.53. The van der Waals surface area contributed by atoms with Crippen molar-refractivity contribution in [1.29, 1.82) is 0 Å². The van der Waals surface area contributed by atoms with Crippen LogP contribution in [-0.2, 0) is 6.18 Å². The summed E-state index contributed by atoms with van der Waals surface area (Å²) in [6.45, 7) is 5.94. The molecule has 108 valence electrons. The largest absolute Gasteiger partial charge is 0.433 e.